The molecule has 0 bridgehead atoms. The lowest BCUT2D eigenvalue weighted by atomic mass is 9.97. The minimum atomic E-state index is -2.21. The van der Waals surface area contributed by atoms with Crippen LogP contribution in [-0.4, -0.2) is 49.9 Å². The van der Waals surface area contributed by atoms with Gasteiger partial charge in [-0.05, 0) is 76.9 Å². The average Bonchev–Trinajstić information content (AvgIpc) is 3.29. The Labute approximate surface area is 288 Å². The van der Waals surface area contributed by atoms with Crippen LogP contribution in [0, 0.1) is 19.6 Å². The third-order valence-electron chi connectivity index (χ3n) is 9.72. The predicted molar refractivity (Wildman–Crippen MR) is 193 cm³/mol. The van der Waals surface area contributed by atoms with E-state index in [1.54, 1.807) is 12.1 Å². The van der Waals surface area contributed by atoms with Crippen molar-refractivity contribution in [2.24, 2.45) is 5.92 Å². The second-order valence-electron chi connectivity index (χ2n) is 15.6. The van der Waals surface area contributed by atoms with Gasteiger partial charge in [0.15, 0.2) is 16.6 Å². The first-order valence-corrected chi connectivity index (χ1v) is 22.7. The predicted octanol–water partition coefficient (Wildman–Crippen LogP) is 7.66. The van der Waals surface area contributed by atoms with Crippen LogP contribution in [0.3, 0.4) is 0 Å². The molecule has 1 aromatic carbocycles. The highest BCUT2D eigenvalue weighted by atomic mass is 127. The first-order valence-electron chi connectivity index (χ1n) is 15.8. The quantitative estimate of drug-likeness (QED) is 0.100. The van der Waals surface area contributed by atoms with E-state index in [2.05, 4.69) is 72.7 Å². The third-order valence-corrected chi connectivity index (χ3v) is 19.4. The van der Waals surface area contributed by atoms with Crippen molar-refractivity contribution in [3.8, 4) is 0 Å². The van der Waals surface area contributed by atoms with E-state index in [-0.39, 0.29) is 40.0 Å². The Balaban J connectivity index is 1.92. The van der Waals surface area contributed by atoms with Gasteiger partial charge in [-0.15, -0.1) is 0 Å². The van der Waals surface area contributed by atoms with E-state index in [0.717, 1.165) is 3.57 Å². The van der Waals surface area contributed by atoms with Crippen LogP contribution >= 0.6 is 22.6 Å². The van der Waals surface area contributed by atoms with Gasteiger partial charge in [0.1, 0.15) is 12.3 Å². The fraction of sp³-hybridized carbons (Fsp3) is 0.688. The van der Waals surface area contributed by atoms with Gasteiger partial charge < -0.3 is 18.3 Å². The zero-order chi connectivity index (χ0) is 35.0. The molecule has 0 amide bonds. The molecular formula is C32H52IN3O8Si2. The van der Waals surface area contributed by atoms with E-state index in [1.807, 2.05) is 36.4 Å². The molecule has 0 spiro atoms. The van der Waals surface area contributed by atoms with E-state index in [9.17, 15) is 19.7 Å². The molecule has 0 radical (unpaired) electrons. The number of hydrogen-bond acceptors (Lipinski definition) is 8. The summed E-state index contributed by atoms with van der Waals surface area (Å²) in [5, 5.41) is 11.8. The van der Waals surface area contributed by atoms with Gasteiger partial charge in [-0.1, -0.05) is 55.4 Å². The number of rotatable bonds is 12. The van der Waals surface area contributed by atoms with Crippen molar-refractivity contribution in [2.75, 3.05) is 6.61 Å². The lowest BCUT2D eigenvalue weighted by Crippen LogP contribution is -2.48. The minimum Gasteiger partial charge on any atom is -0.414 e. The van der Waals surface area contributed by atoms with Crippen molar-refractivity contribution in [1.29, 1.82) is 0 Å². The fourth-order valence-electron chi connectivity index (χ4n) is 4.79. The summed E-state index contributed by atoms with van der Waals surface area (Å²) in [5.41, 5.74) is -0.567. The summed E-state index contributed by atoms with van der Waals surface area (Å²) < 4.78 is 28.2. The van der Waals surface area contributed by atoms with Crippen molar-refractivity contribution < 1.29 is 23.2 Å². The third kappa shape index (κ3) is 9.05. The summed E-state index contributed by atoms with van der Waals surface area (Å²) in [4.78, 5) is 39.9. The molecule has 0 saturated carbocycles. The van der Waals surface area contributed by atoms with Crippen LogP contribution in [-0.2, 0) is 24.9 Å². The molecule has 1 unspecified atom stereocenters. The number of aromatic amines is 1. The molecule has 1 N–H and O–H groups in total. The second-order valence-corrected chi connectivity index (χ2v) is 26.4. The van der Waals surface area contributed by atoms with Crippen LogP contribution in [0.25, 0.3) is 0 Å². The second kappa shape index (κ2) is 14.4. The van der Waals surface area contributed by atoms with Gasteiger partial charge in [0.2, 0.25) is 0 Å². The van der Waals surface area contributed by atoms with E-state index in [4.69, 9.17) is 18.3 Å². The highest BCUT2D eigenvalue weighted by Gasteiger charge is 2.47. The van der Waals surface area contributed by atoms with Gasteiger partial charge in [0.25, 0.3) is 11.2 Å². The van der Waals surface area contributed by atoms with Crippen LogP contribution < -0.4 is 11.2 Å². The van der Waals surface area contributed by atoms with Gasteiger partial charge in [0, 0.05) is 22.3 Å². The van der Waals surface area contributed by atoms with Crippen molar-refractivity contribution in [1.82, 2.24) is 9.55 Å². The molecule has 1 aliphatic heterocycles. The van der Waals surface area contributed by atoms with Crippen LogP contribution in [0.5, 0.6) is 0 Å². The maximum atomic E-state index is 13.2. The number of nitro groups is 1. The lowest BCUT2D eigenvalue weighted by Gasteiger charge is -2.40. The molecule has 11 nitrogen and oxygen atoms in total. The number of aromatic nitrogens is 2. The number of nitrogens with one attached hydrogen (secondary N) is 1. The van der Waals surface area contributed by atoms with Crippen molar-refractivity contribution >= 4 is 44.9 Å². The smallest absolute Gasteiger partial charge is 0.330 e. The maximum absolute atomic E-state index is 13.2. The Morgan fingerprint density at radius 1 is 1.09 bits per heavy atom. The van der Waals surface area contributed by atoms with Crippen LogP contribution in [0.2, 0.25) is 36.3 Å². The Morgan fingerprint density at radius 2 is 1.70 bits per heavy atom. The normalized spacial score (nSPS) is 20.3. The number of ether oxygens (including phenoxy) is 2. The van der Waals surface area contributed by atoms with E-state index in [0.29, 0.717) is 18.6 Å². The van der Waals surface area contributed by atoms with Gasteiger partial charge in [-0.2, -0.15) is 0 Å². The van der Waals surface area contributed by atoms with Crippen LogP contribution in [0.1, 0.15) is 85.3 Å². The molecule has 4 atom stereocenters. The first kappa shape index (κ1) is 38.7. The zero-order valence-corrected chi connectivity index (χ0v) is 33.5. The topological polar surface area (TPSA) is 135 Å². The standard InChI is InChI=1S/C32H52IN3O8Si2/c1-20(2)28(23-14-13-22(33)15-24(23)36(39)40)41-18-21-17-35(30(38)34-29(21)37)27-16-25(44-46(11,12)32(6,7)8)26(43-27)19-42-45(9,10)31(3,4)5/h13-15,17,20,25-28H,16,18-19H2,1-12H3,(H,34,37,38)/t25-,26-,27-,28?/m1/s1. The Hall–Kier alpha value is -1.70. The summed E-state index contributed by atoms with van der Waals surface area (Å²) in [6, 6.07) is 4.99. The van der Waals surface area contributed by atoms with Crippen LogP contribution in [0.15, 0.2) is 34.0 Å². The van der Waals surface area contributed by atoms with Gasteiger partial charge in [-0.25, -0.2) is 4.79 Å². The first-order chi connectivity index (χ1) is 20.9. The van der Waals surface area contributed by atoms with Crippen molar-refractivity contribution in [3.05, 3.63) is 70.0 Å². The number of H-pyrrole nitrogens is 1. The molecule has 1 saturated heterocycles. The highest BCUT2D eigenvalue weighted by molar-refractivity contribution is 14.1. The summed E-state index contributed by atoms with van der Waals surface area (Å²) in [6.07, 6.45) is -0.164. The number of benzene rings is 1. The highest BCUT2D eigenvalue weighted by Crippen LogP contribution is 2.42. The number of halogens is 1. The zero-order valence-electron chi connectivity index (χ0n) is 29.4. The van der Waals surface area contributed by atoms with E-state index >= 15 is 0 Å². The molecule has 3 rings (SSSR count). The molecule has 258 valence electrons. The molecule has 2 aromatic rings. The lowest BCUT2D eigenvalue weighted by molar-refractivity contribution is -0.386. The number of nitro benzene ring substituents is 1. The number of nitrogens with zero attached hydrogens (tertiary/aromatic N) is 2. The Kier molecular flexibility index (Phi) is 12.1. The average molecular weight is 790 g/mol. The molecule has 14 heteroatoms. The molecule has 1 aliphatic rings. The summed E-state index contributed by atoms with van der Waals surface area (Å²) in [6.45, 7) is 25.9. The Morgan fingerprint density at radius 3 is 2.24 bits per heavy atom. The molecule has 46 heavy (non-hydrogen) atoms. The summed E-state index contributed by atoms with van der Waals surface area (Å²) in [5.74, 6) is -0.128. The van der Waals surface area contributed by atoms with Gasteiger partial charge in [-0.3, -0.25) is 24.5 Å². The molecule has 1 fully saturated rings. The van der Waals surface area contributed by atoms with Crippen molar-refractivity contribution in [2.45, 2.75) is 129 Å². The maximum Gasteiger partial charge on any atom is 0.330 e. The number of hydrogen-bond donors (Lipinski definition) is 1. The molecule has 0 aliphatic carbocycles. The SMILES string of the molecule is CC(C)C(OCc1cn([C@H]2C[C@@H](O[Si](C)(C)C(C)(C)C)[C@@H](CO[Si](C)(C)C(C)(C)C)O2)c(=O)[nH]c1=O)c1ccc(I)cc1[N+](=O)[O-]. The molecular weight excluding hydrogens is 737 g/mol. The summed E-state index contributed by atoms with van der Waals surface area (Å²) in [7, 11) is -4.31. The van der Waals surface area contributed by atoms with Gasteiger partial charge >= 0.3 is 5.69 Å². The van der Waals surface area contributed by atoms with E-state index in [1.165, 1.54) is 16.8 Å². The van der Waals surface area contributed by atoms with Gasteiger partial charge in [0.05, 0.1) is 41.5 Å². The monoisotopic (exact) mass is 789 g/mol. The largest absolute Gasteiger partial charge is 0.414 e. The van der Waals surface area contributed by atoms with E-state index < -0.39 is 51.2 Å². The molecule has 1 aromatic heterocycles. The minimum absolute atomic E-state index is 0.0119. The van der Waals surface area contributed by atoms with Crippen molar-refractivity contribution in [3.63, 3.8) is 0 Å². The van der Waals surface area contributed by atoms with Crippen LogP contribution in [0.4, 0.5) is 5.69 Å². The Bertz CT molecular complexity index is 1510. The fourth-order valence-corrected chi connectivity index (χ4v) is 7.63. The summed E-state index contributed by atoms with van der Waals surface area (Å²) >= 11 is 2.03. The molecule has 2 heterocycles.